The number of hydrogen-bond donors (Lipinski definition) is 0. The Morgan fingerprint density at radius 1 is 1.23 bits per heavy atom. The van der Waals surface area contributed by atoms with Crippen LogP contribution in [0.1, 0.15) is 18.1 Å². The van der Waals surface area contributed by atoms with Gasteiger partial charge in [-0.15, -0.1) is 0 Å². The van der Waals surface area contributed by atoms with Gasteiger partial charge in [0.15, 0.2) is 9.84 Å². The molecule has 2 nitrogen and oxygen atoms in total. The van der Waals surface area contributed by atoms with E-state index in [0.29, 0.717) is 6.42 Å². The first-order valence-electron chi connectivity index (χ1n) is 4.38. The fraction of sp³-hybridized carbons (Fsp3) is 0.400. The first-order chi connectivity index (χ1) is 6.09. The second-order valence-electron chi connectivity index (χ2n) is 3.59. The molecule has 1 heterocycles. The number of rotatable bonds is 0. The number of hydrogen-bond acceptors (Lipinski definition) is 2. The second-order valence-corrected chi connectivity index (χ2v) is 6.01. The van der Waals surface area contributed by atoms with E-state index in [1.54, 1.807) is 6.92 Å². The van der Waals surface area contributed by atoms with Crippen molar-refractivity contribution in [3.8, 4) is 0 Å². The van der Waals surface area contributed by atoms with E-state index in [9.17, 15) is 8.42 Å². The molecule has 0 amide bonds. The molecule has 0 radical (unpaired) electrons. The number of benzene rings is 1. The van der Waals surface area contributed by atoms with Crippen LogP contribution in [-0.4, -0.2) is 13.7 Å². The van der Waals surface area contributed by atoms with Crippen molar-refractivity contribution in [3.05, 3.63) is 35.4 Å². The van der Waals surface area contributed by atoms with E-state index in [-0.39, 0.29) is 11.0 Å². The predicted molar refractivity (Wildman–Crippen MR) is 52.2 cm³/mol. The molecule has 0 spiro atoms. The Balaban J connectivity index is 2.51. The van der Waals surface area contributed by atoms with Gasteiger partial charge in [-0.25, -0.2) is 8.42 Å². The van der Waals surface area contributed by atoms with E-state index in [4.69, 9.17) is 0 Å². The molecule has 1 aromatic rings. The molecule has 0 aliphatic carbocycles. The summed E-state index contributed by atoms with van der Waals surface area (Å²) in [6.07, 6.45) is 0.665. The van der Waals surface area contributed by atoms with Gasteiger partial charge in [-0.1, -0.05) is 24.3 Å². The summed E-state index contributed by atoms with van der Waals surface area (Å²) in [5, 5.41) is -0.220. The Labute approximate surface area is 78.5 Å². The van der Waals surface area contributed by atoms with Crippen molar-refractivity contribution in [2.75, 3.05) is 0 Å². The van der Waals surface area contributed by atoms with Gasteiger partial charge in [0.25, 0.3) is 0 Å². The van der Waals surface area contributed by atoms with Crippen LogP contribution in [0.25, 0.3) is 0 Å². The SMILES string of the molecule is CC1Cc2ccccc2CS1(=O)=O. The first-order valence-corrected chi connectivity index (χ1v) is 6.09. The van der Waals surface area contributed by atoms with Crippen molar-refractivity contribution in [2.45, 2.75) is 24.3 Å². The highest BCUT2D eigenvalue weighted by molar-refractivity contribution is 7.91. The Kier molecular flexibility index (Phi) is 1.91. The maximum absolute atomic E-state index is 11.5. The second kappa shape index (κ2) is 2.84. The fourth-order valence-electron chi connectivity index (χ4n) is 1.69. The molecule has 1 aliphatic rings. The molecule has 3 heteroatoms. The molecule has 0 fully saturated rings. The summed E-state index contributed by atoms with van der Waals surface area (Å²) in [5.74, 6) is 0.213. The van der Waals surface area contributed by atoms with E-state index in [1.165, 1.54) is 5.56 Å². The van der Waals surface area contributed by atoms with Crippen LogP contribution in [-0.2, 0) is 22.0 Å². The van der Waals surface area contributed by atoms with Crippen LogP contribution >= 0.6 is 0 Å². The fourth-order valence-corrected chi connectivity index (χ4v) is 3.13. The van der Waals surface area contributed by atoms with E-state index in [1.807, 2.05) is 24.3 Å². The highest BCUT2D eigenvalue weighted by Gasteiger charge is 2.27. The van der Waals surface area contributed by atoms with E-state index in [0.717, 1.165) is 5.56 Å². The van der Waals surface area contributed by atoms with E-state index in [2.05, 4.69) is 0 Å². The van der Waals surface area contributed by atoms with E-state index >= 15 is 0 Å². The van der Waals surface area contributed by atoms with Gasteiger partial charge in [0, 0.05) is 0 Å². The average molecular weight is 196 g/mol. The predicted octanol–water partition coefficient (Wildman–Crippen LogP) is 1.55. The summed E-state index contributed by atoms with van der Waals surface area (Å²) in [5.41, 5.74) is 2.16. The third kappa shape index (κ3) is 1.48. The van der Waals surface area contributed by atoms with Crippen molar-refractivity contribution >= 4 is 9.84 Å². The molecule has 0 saturated heterocycles. The van der Waals surface area contributed by atoms with Gasteiger partial charge in [0.1, 0.15) is 0 Å². The van der Waals surface area contributed by atoms with Crippen LogP contribution < -0.4 is 0 Å². The topological polar surface area (TPSA) is 34.1 Å². The van der Waals surface area contributed by atoms with Crippen LogP contribution in [0.5, 0.6) is 0 Å². The van der Waals surface area contributed by atoms with Gasteiger partial charge in [0.2, 0.25) is 0 Å². The third-order valence-corrected chi connectivity index (χ3v) is 4.70. The van der Waals surface area contributed by atoms with Crippen LogP contribution in [0.2, 0.25) is 0 Å². The van der Waals surface area contributed by atoms with Crippen LogP contribution in [0.4, 0.5) is 0 Å². The molecule has 0 N–H and O–H groups in total. The van der Waals surface area contributed by atoms with Crippen LogP contribution in [0.15, 0.2) is 24.3 Å². The lowest BCUT2D eigenvalue weighted by Crippen LogP contribution is -2.27. The zero-order valence-corrected chi connectivity index (χ0v) is 8.34. The van der Waals surface area contributed by atoms with Crippen molar-refractivity contribution in [3.63, 3.8) is 0 Å². The number of fused-ring (bicyclic) bond motifs is 1. The zero-order valence-electron chi connectivity index (χ0n) is 7.53. The van der Waals surface area contributed by atoms with Gasteiger partial charge in [0.05, 0.1) is 11.0 Å². The minimum atomic E-state index is -2.87. The molecule has 1 aliphatic heterocycles. The van der Waals surface area contributed by atoms with Crippen molar-refractivity contribution in [2.24, 2.45) is 0 Å². The molecule has 0 saturated carbocycles. The van der Waals surface area contributed by atoms with Gasteiger partial charge >= 0.3 is 0 Å². The molecule has 1 aromatic carbocycles. The summed E-state index contributed by atoms with van der Waals surface area (Å²) in [6, 6.07) is 7.77. The summed E-state index contributed by atoms with van der Waals surface area (Å²) >= 11 is 0. The summed E-state index contributed by atoms with van der Waals surface area (Å²) in [7, 11) is -2.87. The van der Waals surface area contributed by atoms with Gasteiger partial charge < -0.3 is 0 Å². The summed E-state index contributed by atoms with van der Waals surface area (Å²) in [4.78, 5) is 0. The molecule has 0 bridgehead atoms. The first kappa shape index (κ1) is 8.75. The normalized spacial score (nSPS) is 25.2. The molecule has 13 heavy (non-hydrogen) atoms. The lowest BCUT2D eigenvalue weighted by Gasteiger charge is -2.21. The smallest absolute Gasteiger partial charge is 0.157 e. The van der Waals surface area contributed by atoms with E-state index < -0.39 is 9.84 Å². The zero-order chi connectivity index (χ0) is 9.47. The van der Waals surface area contributed by atoms with Gasteiger partial charge in [-0.2, -0.15) is 0 Å². The standard InChI is InChI=1S/C10H12O2S/c1-8-6-9-4-2-3-5-10(9)7-13(8,11)12/h2-5,8H,6-7H2,1H3. The quantitative estimate of drug-likeness (QED) is 0.631. The Bertz CT molecular complexity index is 420. The monoisotopic (exact) mass is 196 g/mol. The average Bonchev–Trinajstić information content (AvgIpc) is 2.06. The number of sulfone groups is 1. The lowest BCUT2D eigenvalue weighted by atomic mass is 10.0. The summed E-state index contributed by atoms with van der Waals surface area (Å²) in [6.45, 7) is 1.78. The van der Waals surface area contributed by atoms with Crippen molar-refractivity contribution < 1.29 is 8.42 Å². The Hall–Kier alpha value is -0.830. The molecule has 1 unspecified atom stereocenters. The Morgan fingerprint density at radius 3 is 2.54 bits per heavy atom. The highest BCUT2D eigenvalue weighted by Crippen LogP contribution is 2.24. The highest BCUT2D eigenvalue weighted by atomic mass is 32.2. The maximum Gasteiger partial charge on any atom is 0.157 e. The van der Waals surface area contributed by atoms with Crippen molar-refractivity contribution in [1.29, 1.82) is 0 Å². The Morgan fingerprint density at radius 2 is 1.85 bits per heavy atom. The molecule has 0 aromatic heterocycles. The minimum Gasteiger partial charge on any atom is -0.228 e. The lowest BCUT2D eigenvalue weighted by molar-refractivity contribution is 0.577. The van der Waals surface area contributed by atoms with Gasteiger partial charge in [-0.05, 0) is 24.5 Å². The van der Waals surface area contributed by atoms with Crippen molar-refractivity contribution in [1.82, 2.24) is 0 Å². The van der Waals surface area contributed by atoms with Gasteiger partial charge in [-0.3, -0.25) is 0 Å². The minimum absolute atomic E-state index is 0.213. The largest absolute Gasteiger partial charge is 0.228 e. The molecule has 70 valence electrons. The maximum atomic E-state index is 11.5. The third-order valence-electron chi connectivity index (χ3n) is 2.60. The molecular formula is C10H12O2S. The molecular weight excluding hydrogens is 184 g/mol. The molecule has 1 atom stereocenters. The van der Waals surface area contributed by atoms with Crippen LogP contribution in [0, 0.1) is 0 Å². The van der Waals surface area contributed by atoms with Crippen LogP contribution in [0.3, 0.4) is 0 Å². The summed E-state index contributed by atoms with van der Waals surface area (Å²) < 4.78 is 23.1. The molecule has 2 rings (SSSR count).